The van der Waals surface area contributed by atoms with E-state index < -0.39 is 18.2 Å². The van der Waals surface area contributed by atoms with E-state index in [1.54, 1.807) is 36.4 Å². The van der Waals surface area contributed by atoms with E-state index in [0.29, 0.717) is 23.4 Å². The Morgan fingerprint density at radius 1 is 0.944 bits per heavy atom. The number of rotatable bonds is 8. The molecule has 0 aromatic heterocycles. The smallest absolute Gasteiger partial charge is 0.411 e. The molecule has 0 unspecified atom stereocenters. The van der Waals surface area contributed by atoms with Crippen LogP contribution < -0.4 is 10.6 Å². The molecule has 0 bridgehead atoms. The number of anilines is 1. The second kappa shape index (κ2) is 11.1. The summed E-state index contributed by atoms with van der Waals surface area (Å²) in [6, 6.07) is 21.4. The summed E-state index contributed by atoms with van der Waals surface area (Å²) in [7, 11) is 0. The van der Waals surface area contributed by atoms with E-state index in [-0.39, 0.29) is 18.4 Å². The standard InChI is InChI=1S/C29H31N3O4/c1-4-16-30-28(34)25-26(36-29(35)32(25)18-21-12-8-19(2)9-13-21)23-6-5-7-24(17-23)31-27(33)22-14-10-20(3)11-15-22/h5-15,17,25-26H,4,16,18H2,1-3H3,(H,30,34)(H,31,33)/t25-,26+/m1/s1. The molecular weight excluding hydrogens is 454 g/mol. The van der Waals surface area contributed by atoms with Gasteiger partial charge in [0.25, 0.3) is 5.91 Å². The summed E-state index contributed by atoms with van der Waals surface area (Å²) in [5.74, 6) is -0.511. The first kappa shape index (κ1) is 25.0. The molecule has 36 heavy (non-hydrogen) atoms. The number of ether oxygens (including phenoxy) is 1. The van der Waals surface area contributed by atoms with Gasteiger partial charge in [0, 0.05) is 17.8 Å². The highest BCUT2D eigenvalue weighted by molar-refractivity contribution is 6.04. The summed E-state index contributed by atoms with van der Waals surface area (Å²) in [5.41, 5.74) is 4.82. The first-order chi connectivity index (χ1) is 17.4. The number of benzene rings is 3. The lowest BCUT2D eigenvalue weighted by atomic mass is 10.00. The summed E-state index contributed by atoms with van der Waals surface area (Å²) < 4.78 is 5.74. The van der Waals surface area contributed by atoms with Gasteiger partial charge in [-0.1, -0.05) is 66.6 Å². The summed E-state index contributed by atoms with van der Waals surface area (Å²) >= 11 is 0. The highest BCUT2D eigenvalue weighted by atomic mass is 16.6. The van der Waals surface area contributed by atoms with Gasteiger partial charge in [0.1, 0.15) is 0 Å². The number of amides is 3. The molecule has 0 spiro atoms. The van der Waals surface area contributed by atoms with Crippen molar-refractivity contribution in [3.63, 3.8) is 0 Å². The SMILES string of the molecule is CCCNC(=O)[C@H]1[C@H](c2cccc(NC(=O)c3ccc(C)cc3)c2)OC(=O)N1Cc1ccc(C)cc1. The van der Waals surface area contributed by atoms with Gasteiger partial charge >= 0.3 is 6.09 Å². The van der Waals surface area contributed by atoms with Gasteiger partial charge in [0.15, 0.2) is 12.1 Å². The molecule has 7 heteroatoms. The Kier molecular flexibility index (Phi) is 7.68. The third-order valence-electron chi connectivity index (χ3n) is 6.16. The molecule has 1 fully saturated rings. The van der Waals surface area contributed by atoms with Gasteiger partial charge in [-0.05, 0) is 55.7 Å². The van der Waals surface area contributed by atoms with Crippen LogP contribution in [0.3, 0.4) is 0 Å². The minimum atomic E-state index is -0.839. The topological polar surface area (TPSA) is 87.7 Å². The molecule has 1 aliphatic heterocycles. The van der Waals surface area contributed by atoms with Crippen LogP contribution in [-0.2, 0) is 16.1 Å². The van der Waals surface area contributed by atoms with Gasteiger partial charge in [0.2, 0.25) is 5.91 Å². The van der Waals surface area contributed by atoms with Gasteiger partial charge in [-0.25, -0.2) is 4.79 Å². The van der Waals surface area contributed by atoms with Gasteiger partial charge < -0.3 is 15.4 Å². The lowest BCUT2D eigenvalue weighted by Gasteiger charge is -2.24. The molecule has 2 atom stereocenters. The maximum Gasteiger partial charge on any atom is 0.411 e. The lowest BCUT2D eigenvalue weighted by molar-refractivity contribution is -0.126. The molecule has 3 amide bonds. The molecule has 4 rings (SSSR count). The van der Waals surface area contributed by atoms with E-state index in [0.717, 1.165) is 23.1 Å². The number of aryl methyl sites for hydroxylation is 2. The lowest BCUT2D eigenvalue weighted by Crippen LogP contribution is -2.46. The largest absolute Gasteiger partial charge is 0.438 e. The van der Waals surface area contributed by atoms with Crippen LogP contribution in [0, 0.1) is 13.8 Å². The molecule has 0 radical (unpaired) electrons. The van der Waals surface area contributed by atoms with E-state index in [4.69, 9.17) is 4.74 Å². The average Bonchev–Trinajstić information content (AvgIpc) is 3.20. The highest BCUT2D eigenvalue weighted by Gasteiger charge is 2.46. The number of hydrogen-bond acceptors (Lipinski definition) is 4. The average molecular weight is 486 g/mol. The number of nitrogens with one attached hydrogen (secondary N) is 2. The van der Waals surface area contributed by atoms with Crippen LogP contribution in [0.25, 0.3) is 0 Å². The van der Waals surface area contributed by atoms with Crippen LogP contribution in [0.4, 0.5) is 10.5 Å². The Hall–Kier alpha value is -4.13. The number of carbonyl (C=O) groups excluding carboxylic acids is 3. The van der Waals surface area contributed by atoms with Crippen LogP contribution in [0.2, 0.25) is 0 Å². The van der Waals surface area contributed by atoms with Gasteiger partial charge in [0.05, 0.1) is 6.54 Å². The molecule has 2 N–H and O–H groups in total. The van der Waals surface area contributed by atoms with Crippen molar-refractivity contribution in [3.05, 3.63) is 101 Å². The summed E-state index contributed by atoms with van der Waals surface area (Å²) in [6.45, 7) is 6.68. The molecule has 1 aliphatic rings. The molecule has 0 saturated carbocycles. The molecule has 1 saturated heterocycles. The zero-order valence-corrected chi connectivity index (χ0v) is 20.8. The van der Waals surface area contributed by atoms with E-state index in [9.17, 15) is 14.4 Å². The van der Waals surface area contributed by atoms with E-state index in [2.05, 4.69) is 10.6 Å². The highest BCUT2D eigenvalue weighted by Crippen LogP contribution is 2.35. The number of cyclic esters (lactones) is 1. The van der Waals surface area contributed by atoms with Crippen molar-refractivity contribution in [1.29, 1.82) is 0 Å². The molecule has 3 aromatic carbocycles. The third-order valence-corrected chi connectivity index (χ3v) is 6.16. The Labute approximate surface area is 211 Å². The molecule has 186 valence electrons. The Balaban J connectivity index is 1.59. The monoisotopic (exact) mass is 485 g/mol. The number of hydrogen-bond donors (Lipinski definition) is 2. The molecule has 0 aliphatic carbocycles. The second-order valence-electron chi connectivity index (χ2n) is 9.10. The second-order valence-corrected chi connectivity index (χ2v) is 9.10. The first-order valence-electron chi connectivity index (χ1n) is 12.1. The zero-order chi connectivity index (χ0) is 25.7. The summed E-state index contributed by atoms with van der Waals surface area (Å²) in [4.78, 5) is 40.3. The van der Waals surface area contributed by atoms with Crippen molar-refractivity contribution in [2.45, 2.75) is 45.9 Å². The van der Waals surface area contributed by atoms with Crippen LogP contribution in [0.15, 0.2) is 72.8 Å². The van der Waals surface area contributed by atoms with Gasteiger partial charge in [-0.2, -0.15) is 0 Å². The Bertz CT molecular complexity index is 1240. The maximum atomic E-state index is 13.2. The van der Waals surface area contributed by atoms with Gasteiger partial charge in [-0.15, -0.1) is 0 Å². The van der Waals surface area contributed by atoms with Crippen molar-refractivity contribution in [1.82, 2.24) is 10.2 Å². The van der Waals surface area contributed by atoms with Crippen LogP contribution in [-0.4, -0.2) is 35.4 Å². The fourth-order valence-electron chi connectivity index (χ4n) is 4.15. The van der Waals surface area contributed by atoms with Crippen molar-refractivity contribution in [2.24, 2.45) is 0 Å². The Morgan fingerprint density at radius 3 is 2.28 bits per heavy atom. The number of nitrogens with zero attached hydrogens (tertiary/aromatic N) is 1. The summed E-state index contributed by atoms with van der Waals surface area (Å²) in [5, 5.41) is 5.80. The van der Waals surface area contributed by atoms with Crippen LogP contribution in [0.5, 0.6) is 0 Å². The predicted molar refractivity (Wildman–Crippen MR) is 139 cm³/mol. The van der Waals surface area contributed by atoms with Gasteiger partial charge in [-0.3, -0.25) is 14.5 Å². The van der Waals surface area contributed by atoms with Crippen LogP contribution >= 0.6 is 0 Å². The predicted octanol–water partition coefficient (Wildman–Crippen LogP) is 5.14. The third kappa shape index (κ3) is 5.74. The van der Waals surface area contributed by atoms with E-state index in [1.165, 1.54) is 4.90 Å². The normalized spacial score (nSPS) is 17.0. The molecule has 3 aromatic rings. The number of carbonyl (C=O) groups is 3. The fraction of sp³-hybridized carbons (Fsp3) is 0.276. The molecular formula is C29H31N3O4. The zero-order valence-electron chi connectivity index (χ0n) is 20.8. The quantitative estimate of drug-likeness (QED) is 0.462. The van der Waals surface area contributed by atoms with Crippen molar-refractivity contribution < 1.29 is 19.1 Å². The van der Waals surface area contributed by atoms with E-state index in [1.807, 2.05) is 57.2 Å². The molecule has 1 heterocycles. The Morgan fingerprint density at radius 2 is 1.61 bits per heavy atom. The van der Waals surface area contributed by atoms with Crippen molar-refractivity contribution >= 4 is 23.6 Å². The summed E-state index contributed by atoms with van der Waals surface area (Å²) in [6.07, 6.45) is -0.585. The maximum absolute atomic E-state index is 13.2. The minimum Gasteiger partial charge on any atom is -0.438 e. The van der Waals surface area contributed by atoms with Crippen molar-refractivity contribution in [3.8, 4) is 0 Å². The van der Waals surface area contributed by atoms with E-state index >= 15 is 0 Å². The fourth-order valence-corrected chi connectivity index (χ4v) is 4.15. The van der Waals surface area contributed by atoms with Crippen molar-refractivity contribution in [2.75, 3.05) is 11.9 Å². The minimum absolute atomic E-state index is 0.242. The first-order valence-corrected chi connectivity index (χ1v) is 12.1. The molecule has 7 nitrogen and oxygen atoms in total. The van der Waals surface area contributed by atoms with Crippen LogP contribution in [0.1, 0.15) is 52.1 Å².